The fourth-order valence-electron chi connectivity index (χ4n) is 3.14. The van der Waals surface area contributed by atoms with Gasteiger partial charge in [0.2, 0.25) is 11.8 Å². The zero-order valence-electron chi connectivity index (χ0n) is 12.9. The highest BCUT2D eigenvalue weighted by molar-refractivity contribution is 6.31. The number of imide groups is 1. The van der Waals surface area contributed by atoms with E-state index in [0.29, 0.717) is 30.1 Å². The number of amides is 4. The van der Waals surface area contributed by atoms with Crippen molar-refractivity contribution in [3.05, 3.63) is 34.6 Å². The number of rotatable bonds is 4. The Bertz CT molecular complexity index is 661. The van der Waals surface area contributed by atoms with E-state index in [4.69, 9.17) is 11.6 Å². The molecule has 1 aromatic rings. The molecule has 2 aliphatic heterocycles. The van der Waals surface area contributed by atoms with E-state index in [9.17, 15) is 18.8 Å². The molecular formula is C16H17ClFN3O3. The predicted octanol–water partition coefficient (Wildman–Crippen LogP) is 1.56. The van der Waals surface area contributed by atoms with E-state index in [1.165, 1.54) is 17.0 Å². The average Bonchev–Trinajstić information content (AvgIpc) is 3.13. The molecule has 0 radical (unpaired) electrons. The summed E-state index contributed by atoms with van der Waals surface area (Å²) in [7, 11) is 0. The molecule has 24 heavy (non-hydrogen) atoms. The molecule has 4 amide bonds. The number of carbonyl (C=O) groups excluding carboxylic acids is 3. The van der Waals surface area contributed by atoms with Gasteiger partial charge in [-0.1, -0.05) is 17.7 Å². The molecule has 1 N–H and O–H groups in total. The minimum Gasteiger partial charge on any atom is -0.341 e. The summed E-state index contributed by atoms with van der Waals surface area (Å²) in [6.07, 6.45) is 0.910. The highest BCUT2D eigenvalue weighted by atomic mass is 35.5. The van der Waals surface area contributed by atoms with Gasteiger partial charge >= 0.3 is 6.03 Å². The van der Waals surface area contributed by atoms with Crippen molar-refractivity contribution in [2.75, 3.05) is 19.6 Å². The number of halogens is 2. The van der Waals surface area contributed by atoms with Crippen molar-refractivity contribution < 1.29 is 18.8 Å². The van der Waals surface area contributed by atoms with Crippen LogP contribution in [-0.4, -0.2) is 53.3 Å². The minimum absolute atomic E-state index is 0.00899. The lowest BCUT2D eigenvalue weighted by atomic mass is 10.1. The van der Waals surface area contributed by atoms with Gasteiger partial charge in [0, 0.05) is 30.1 Å². The van der Waals surface area contributed by atoms with Crippen molar-refractivity contribution in [3.63, 3.8) is 0 Å². The third-order valence-corrected chi connectivity index (χ3v) is 4.76. The van der Waals surface area contributed by atoms with Crippen LogP contribution in [0.1, 0.15) is 18.4 Å². The lowest BCUT2D eigenvalue weighted by Gasteiger charge is -2.21. The molecule has 0 aliphatic carbocycles. The van der Waals surface area contributed by atoms with Crippen LogP contribution in [0, 0.1) is 5.82 Å². The maximum absolute atomic E-state index is 13.7. The summed E-state index contributed by atoms with van der Waals surface area (Å²) in [5, 5.41) is 2.78. The smallest absolute Gasteiger partial charge is 0.324 e. The van der Waals surface area contributed by atoms with E-state index >= 15 is 0 Å². The summed E-state index contributed by atoms with van der Waals surface area (Å²) in [4.78, 5) is 38.5. The molecule has 0 saturated carbocycles. The quantitative estimate of drug-likeness (QED) is 0.835. The van der Waals surface area contributed by atoms with E-state index in [1.807, 2.05) is 0 Å². The molecule has 3 rings (SSSR count). The summed E-state index contributed by atoms with van der Waals surface area (Å²) in [5.74, 6) is -0.824. The Morgan fingerprint density at radius 3 is 2.83 bits per heavy atom. The molecule has 0 spiro atoms. The molecule has 2 aliphatic rings. The van der Waals surface area contributed by atoms with Gasteiger partial charge in [-0.25, -0.2) is 9.18 Å². The molecule has 2 heterocycles. The summed E-state index contributed by atoms with van der Waals surface area (Å²) in [6, 6.07) is 3.73. The molecule has 2 saturated heterocycles. The fraction of sp³-hybridized carbons (Fsp3) is 0.438. The monoisotopic (exact) mass is 353 g/mol. The third kappa shape index (κ3) is 3.21. The van der Waals surface area contributed by atoms with E-state index in [1.54, 1.807) is 11.0 Å². The second kappa shape index (κ2) is 6.76. The summed E-state index contributed by atoms with van der Waals surface area (Å²) < 4.78 is 13.7. The normalized spacial score (nSPS) is 20.7. The molecule has 128 valence electrons. The van der Waals surface area contributed by atoms with Crippen LogP contribution in [0.5, 0.6) is 0 Å². The zero-order valence-corrected chi connectivity index (χ0v) is 13.7. The van der Waals surface area contributed by atoms with Crippen molar-refractivity contribution in [1.82, 2.24) is 15.1 Å². The first-order valence-electron chi connectivity index (χ1n) is 7.78. The highest BCUT2D eigenvalue weighted by Crippen LogP contribution is 2.22. The lowest BCUT2D eigenvalue weighted by molar-refractivity contribution is -0.131. The number of benzene rings is 1. The fourth-order valence-corrected chi connectivity index (χ4v) is 3.40. The van der Waals surface area contributed by atoms with E-state index < -0.39 is 11.8 Å². The Morgan fingerprint density at radius 1 is 1.38 bits per heavy atom. The topological polar surface area (TPSA) is 69.7 Å². The van der Waals surface area contributed by atoms with Crippen molar-refractivity contribution in [2.24, 2.45) is 0 Å². The SMILES string of the molecule is O=C(CCc1c(F)cccc1Cl)N1CCC(N2C(=O)CNC2=O)C1. The molecule has 2 fully saturated rings. The van der Waals surface area contributed by atoms with E-state index in [0.717, 1.165) is 0 Å². The third-order valence-electron chi connectivity index (χ3n) is 4.41. The Kier molecular flexibility index (Phi) is 4.71. The number of nitrogens with zero attached hydrogens (tertiary/aromatic N) is 2. The van der Waals surface area contributed by atoms with Gasteiger partial charge < -0.3 is 10.2 Å². The van der Waals surface area contributed by atoms with Gasteiger partial charge in [-0.15, -0.1) is 0 Å². The van der Waals surface area contributed by atoms with Crippen LogP contribution >= 0.6 is 11.6 Å². The van der Waals surface area contributed by atoms with Crippen LogP contribution in [0.25, 0.3) is 0 Å². The molecule has 8 heteroatoms. The molecule has 1 aromatic carbocycles. The Labute approximate surface area is 143 Å². The standard InChI is InChI=1S/C16H17ClFN3O3/c17-12-2-1-3-13(18)11(12)4-5-14(22)20-7-6-10(9-20)21-15(23)8-19-16(21)24/h1-3,10H,4-9H2,(H,19,24). The second-order valence-corrected chi connectivity index (χ2v) is 6.31. The number of urea groups is 1. The van der Waals surface area contributed by atoms with Crippen molar-refractivity contribution in [3.8, 4) is 0 Å². The summed E-state index contributed by atoms with van der Waals surface area (Å²) in [6.45, 7) is 0.809. The van der Waals surface area contributed by atoms with Gasteiger partial charge in [0.05, 0.1) is 12.6 Å². The number of carbonyl (C=O) groups is 3. The predicted molar refractivity (Wildman–Crippen MR) is 85.0 cm³/mol. The molecule has 0 bridgehead atoms. The molecule has 1 atom stereocenters. The van der Waals surface area contributed by atoms with Crippen LogP contribution in [0.4, 0.5) is 9.18 Å². The summed E-state index contributed by atoms with van der Waals surface area (Å²) >= 11 is 5.96. The number of nitrogens with one attached hydrogen (secondary N) is 1. The van der Waals surface area contributed by atoms with Gasteiger partial charge in [-0.2, -0.15) is 0 Å². The lowest BCUT2D eigenvalue weighted by Crippen LogP contribution is -2.42. The summed E-state index contributed by atoms with van der Waals surface area (Å²) in [5.41, 5.74) is 0.331. The first-order valence-corrected chi connectivity index (χ1v) is 8.15. The van der Waals surface area contributed by atoms with Gasteiger partial charge in [-0.05, 0) is 25.0 Å². The first-order chi connectivity index (χ1) is 11.5. The zero-order chi connectivity index (χ0) is 17.3. The van der Waals surface area contributed by atoms with Gasteiger partial charge in [0.15, 0.2) is 0 Å². The van der Waals surface area contributed by atoms with Gasteiger partial charge in [-0.3, -0.25) is 14.5 Å². The second-order valence-electron chi connectivity index (χ2n) is 5.90. The Balaban J connectivity index is 1.57. The number of hydrogen-bond donors (Lipinski definition) is 1. The Hall–Kier alpha value is -2.15. The minimum atomic E-state index is -0.422. The van der Waals surface area contributed by atoms with Crippen molar-refractivity contribution >= 4 is 29.4 Å². The van der Waals surface area contributed by atoms with Crippen molar-refractivity contribution in [1.29, 1.82) is 0 Å². The molecule has 0 aromatic heterocycles. The van der Waals surface area contributed by atoms with E-state index in [2.05, 4.69) is 5.32 Å². The molecular weight excluding hydrogens is 337 g/mol. The van der Waals surface area contributed by atoms with Crippen LogP contribution in [0.3, 0.4) is 0 Å². The van der Waals surface area contributed by atoms with Gasteiger partial charge in [0.1, 0.15) is 5.82 Å². The van der Waals surface area contributed by atoms with Gasteiger partial charge in [0.25, 0.3) is 0 Å². The first kappa shape index (κ1) is 16.7. The maximum Gasteiger partial charge on any atom is 0.324 e. The molecule has 6 nitrogen and oxygen atoms in total. The Morgan fingerprint density at radius 2 is 2.17 bits per heavy atom. The highest BCUT2D eigenvalue weighted by Gasteiger charge is 2.39. The van der Waals surface area contributed by atoms with Crippen LogP contribution in [0.2, 0.25) is 5.02 Å². The largest absolute Gasteiger partial charge is 0.341 e. The number of hydrogen-bond acceptors (Lipinski definition) is 3. The van der Waals surface area contributed by atoms with Crippen LogP contribution in [-0.2, 0) is 16.0 Å². The number of likely N-dealkylation sites (tertiary alicyclic amines) is 1. The van der Waals surface area contributed by atoms with Crippen LogP contribution in [0.15, 0.2) is 18.2 Å². The van der Waals surface area contributed by atoms with E-state index in [-0.39, 0.29) is 37.2 Å². The van der Waals surface area contributed by atoms with Crippen LogP contribution < -0.4 is 5.32 Å². The average molecular weight is 354 g/mol. The van der Waals surface area contributed by atoms with Crippen molar-refractivity contribution in [2.45, 2.75) is 25.3 Å². The molecule has 1 unspecified atom stereocenters. The maximum atomic E-state index is 13.7.